The van der Waals surface area contributed by atoms with Crippen molar-refractivity contribution in [3.05, 3.63) is 58.7 Å². The normalized spacial score (nSPS) is 14.2. The van der Waals surface area contributed by atoms with Crippen LogP contribution >= 0.6 is 0 Å². The van der Waals surface area contributed by atoms with Gasteiger partial charge in [0, 0.05) is 5.56 Å². The van der Waals surface area contributed by atoms with E-state index in [2.05, 4.69) is 27.8 Å². The highest BCUT2D eigenvalue weighted by Gasteiger charge is 2.22. The molecular weight excluding hydrogens is 366 g/mol. The molecule has 0 fully saturated rings. The first-order valence-corrected chi connectivity index (χ1v) is 10.0. The Labute approximate surface area is 170 Å². The molecule has 1 amide bonds. The van der Waals surface area contributed by atoms with E-state index in [1.807, 2.05) is 38.1 Å². The average Bonchev–Trinajstić information content (AvgIpc) is 3.19. The van der Waals surface area contributed by atoms with E-state index in [4.69, 9.17) is 9.37 Å². The summed E-state index contributed by atoms with van der Waals surface area (Å²) in [6, 6.07) is 12.1. The standard InChI is InChI=1S/C23H25N3O3/c1-14-7-6-10-20(15(14)2)28-16(3)23(27)24-22-21(25-29-26-22)19-12-11-17-8-4-5-9-18(17)13-19/h6-7,10-13,16H,4-5,8-9H2,1-3H3,(H,24,26,27). The smallest absolute Gasteiger partial charge is 0.266 e. The zero-order valence-corrected chi connectivity index (χ0v) is 17.0. The number of hydrogen-bond donors (Lipinski definition) is 1. The third-order valence-electron chi connectivity index (χ3n) is 5.58. The van der Waals surface area contributed by atoms with E-state index in [9.17, 15) is 4.79 Å². The first-order chi connectivity index (χ1) is 14.0. The van der Waals surface area contributed by atoms with Gasteiger partial charge >= 0.3 is 0 Å². The van der Waals surface area contributed by atoms with Crippen molar-refractivity contribution in [1.82, 2.24) is 10.3 Å². The van der Waals surface area contributed by atoms with E-state index in [0.717, 1.165) is 29.5 Å². The van der Waals surface area contributed by atoms with E-state index < -0.39 is 6.10 Å². The molecular formula is C23H25N3O3. The Hall–Kier alpha value is -3.15. The lowest BCUT2D eigenvalue weighted by Gasteiger charge is -2.17. The van der Waals surface area contributed by atoms with E-state index in [0.29, 0.717) is 17.3 Å². The van der Waals surface area contributed by atoms with Crippen LogP contribution in [-0.2, 0) is 17.6 Å². The second-order valence-electron chi connectivity index (χ2n) is 7.60. The van der Waals surface area contributed by atoms with Crippen LogP contribution in [-0.4, -0.2) is 22.3 Å². The van der Waals surface area contributed by atoms with E-state index in [1.165, 1.54) is 24.0 Å². The number of carbonyl (C=O) groups is 1. The number of ether oxygens (including phenoxy) is 1. The molecule has 6 nitrogen and oxygen atoms in total. The van der Waals surface area contributed by atoms with Crippen LogP contribution in [0.4, 0.5) is 5.82 Å². The van der Waals surface area contributed by atoms with Gasteiger partial charge in [-0.05, 0) is 91.2 Å². The van der Waals surface area contributed by atoms with Crippen molar-refractivity contribution in [2.24, 2.45) is 0 Å². The average molecular weight is 391 g/mol. The molecule has 0 saturated heterocycles. The van der Waals surface area contributed by atoms with Crippen LogP contribution in [0.15, 0.2) is 41.0 Å². The lowest BCUT2D eigenvalue weighted by atomic mass is 9.90. The molecule has 29 heavy (non-hydrogen) atoms. The van der Waals surface area contributed by atoms with Gasteiger partial charge in [-0.2, -0.15) is 0 Å². The van der Waals surface area contributed by atoms with Gasteiger partial charge in [-0.3, -0.25) is 4.79 Å². The van der Waals surface area contributed by atoms with Gasteiger partial charge in [-0.25, -0.2) is 4.63 Å². The number of carbonyl (C=O) groups excluding carboxylic acids is 1. The second-order valence-corrected chi connectivity index (χ2v) is 7.60. The Morgan fingerprint density at radius 1 is 1.10 bits per heavy atom. The Balaban J connectivity index is 1.50. The van der Waals surface area contributed by atoms with E-state index in [1.54, 1.807) is 6.92 Å². The summed E-state index contributed by atoms with van der Waals surface area (Å²) in [6.45, 7) is 5.70. The van der Waals surface area contributed by atoms with Crippen molar-refractivity contribution >= 4 is 11.7 Å². The summed E-state index contributed by atoms with van der Waals surface area (Å²) in [5, 5.41) is 10.7. The molecule has 1 aliphatic carbocycles. The summed E-state index contributed by atoms with van der Waals surface area (Å²) in [7, 11) is 0. The largest absolute Gasteiger partial charge is 0.481 e. The number of nitrogens with zero attached hydrogens (tertiary/aromatic N) is 2. The van der Waals surface area contributed by atoms with Crippen molar-refractivity contribution in [2.45, 2.75) is 52.6 Å². The lowest BCUT2D eigenvalue weighted by molar-refractivity contribution is -0.122. The van der Waals surface area contributed by atoms with Crippen molar-refractivity contribution in [3.63, 3.8) is 0 Å². The van der Waals surface area contributed by atoms with Gasteiger partial charge in [-0.1, -0.05) is 24.3 Å². The minimum absolute atomic E-state index is 0.305. The number of benzene rings is 2. The Bertz CT molecular complexity index is 1040. The summed E-state index contributed by atoms with van der Waals surface area (Å²) in [5.41, 5.74) is 6.28. The Kier molecular flexibility index (Phi) is 5.34. The minimum Gasteiger partial charge on any atom is -0.481 e. The molecule has 0 aliphatic heterocycles. The fourth-order valence-electron chi connectivity index (χ4n) is 3.65. The Morgan fingerprint density at radius 2 is 1.90 bits per heavy atom. The second kappa shape index (κ2) is 8.07. The maximum atomic E-state index is 12.7. The van der Waals surface area contributed by atoms with Gasteiger partial charge in [0.25, 0.3) is 5.91 Å². The van der Waals surface area contributed by atoms with Crippen LogP contribution in [0.3, 0.4) is 0 Å². The highest BCUT2D eigenvalue weighted by molar-refractivity contribution is 5.96. The summed E-state index contributed by atoms with van der Waals surface area (Å²) < 4.78 is 10.8. The molecule has 2 aromatic carbocycles. The maximum Gasteiger partial charge on any atom is 0.266 e. The van der Waals surface area contributed by atoms with Crippen molar-refractivity contribution < 1.29 is 14.2 Å². The molecule has 0 spiro atoms. The monoisotopic (exact) mass is 391 g/mol. The fourth-order valence-corrected chi connectivity index (χ4v) is 3.65. The summed E-state index contributed by atoms with van der Waals surface area (Å²) in [5.74, 6) is 0.698. The van der Waals surface area contributed by atoms with Crippen LogP contribution in [0.5, 0.6) is 5.75 Å². The number of fused-ring (bicyclic) bond motifs is 1. The van der Waals surface area contributed by atoms with E-state index >= 15 is 0 Å². The van der Waals surface area contributed by atoms with E-state index in [-0.39, 0.29) is 5.91 Å². The predicted octanol–water partition coefficient (Wildman–Crippen LogP) is 4.64. The van der Waals surface area contributed by atoms with Crippen molar-refractivity contribution in [2.75, 3.05) is 5.32 Å². The van der Waals surface area contributed by atoms with Crippen LogP contribution in [0, 0.1) is 13.8 Å². The lowest BCUT2D eigenvalue weighted by Crippen LogP contribution is -2.30. The van der Waals surface area contributed by atoms with Gasteiger partial charge in [0.2, 0.25) is 5.82 Å². The molecule has 0 bridgehead atoms. The third kappa shape index (κ3) is 4.01. The number of aromatic nitrogens is 2. The molecule has 0 radical (unpaired) electrons. The zero-order chi connectivity index (χ0) is 20.4. The zero-order valence-electron chi connectivity index (χ0n) is 17.0. The molecule has 1 aromatic heterocycles. The topological polar surface area (TPSA) is 77.2 Å². The number of aryl methyl sites for hydroxylation is 3. The highest BCUT2D eigenvalue weighted by Crippen LogP contribution is 2.30. The minimum atomic E-state index is -0.691. The van der Waals surface area contributed by atoms with Crippen LogP contribution < -0.4 is 10.1 Å². The van der Waals surface area contributed by atoms with Gasteiger partial charge in [0.15, 0.2) is 11.8 Å². The fraction of sp³-hybridized carbons (Fsp3) is 0.348. The van der Waals surface area contributed by atoms with Crippen molar-refractivity contribution in [1.29, 1.82) is 0 Å². The van der Waals surface area contributed by atoms with Crippen molar-refractivity contribution in [3.8, 4) is 17.0 Å². The molecule has 1 heterocycles. The van der Waals surface area contributed by atoms with Crippen LogP contribution in [0.25, 0.3) is 11.3 Å². The number of nitrogens with one attached hydrogen (secondary N) is 1. The molecule has 1 N–H and O–H groups in total. The Morgan fingerprint density at radius 3 is 2.72 bits per heavy atom. The first kappa shape index (κ1) is 19.2. The summed E-state index contributed by atoms with van der Waals surface area (Å²) in [6.07, 6.45) is 3.92. The van der Waals surface area contributed by atoms with Gasteiger partial charge in [-0.15, -0.1) is 0 Å². The predicted molar refractivity (Wildman–Crippen MR) is 111 cm³/mol. The van der Waals surface area contributed by atoms with Gasteiger partial charge in [0.1, 0.15) is 5.75 Å². The summed E-state index contributed by atoms with van der Waals surface area (Å²) >= 11 is 0. The first-order valence-electron chi connectivity index (χ1n) is 10.0. The molecule has 4 rings (SSSR count). The molecule has 1 unspecified atom stereocenters. The highest BCUT2D eigenvalue weighted by atomic mass is 16.6. The number of hydrogen-bond acceptors (Lipinski definition) is 5. The van der Waals surface area contributed by atoms with Gasteiger partial charge < -0.3 is 10.1 Å². The van der Waals surface area contributed by atoms with Gasteiger partial charge in [0.05, 0.1) is 0 Å². The SMILES string of the molecule is Cc1cccc(OC(C)C(=O)Nc2nonc2-c2ccc3c(c2)CCCC3)c1C. The third-order valence-corrected chi connectivity index (χ3v) is 5.58. The molecule has 0 saturated carbocycles. The van der Waals surface area contributed by atoms with Crippen LogP contribution in [0.2, 0.25) is 0 Å². The molecule has 6 heteroatoms. The number of rotatable bonds is 5. The summed E-state index contributed by atoms with van der Waals surface area (Å²) in [4.78, 5) is 12.7. The molecule has 1 aliphatic rings. The quantitative estimate of drug-likeness (QED) is 0.686. The number of amides is 1. The number of anilines is 1. The molecule has 1 atom stereocenters. The molecule has 150 valence electrons. The molecule has 3 aromatic rings. The maximum absolute atomic E-state index is 12.7. The van der Waals surface area contributed by atoms with Crippen LogP contribution in [0.1, 0.15) is 42.0 Å².